The van der Waals surface area contributed by atoms with Crippen molar-refractivity contribution in [3.8, 4) is 0 Å². The fourth-order valence-electron chi connectivity index (χ4n) is 1.95. The highest BCUT2D eigenvalue weighted by Crippen LogP contribution is 2.16. The van der Waals surface area contributed by atoms with E-state index in [1.807, 2.05) is 31.4 Å². The van der Waals surface area contributed by atoms with E-state index in [4.69, 9.17) is 0 Å². The van der Waals surface area contributed by atoms with Crippen molar-refractivity contribution in [1.29, 1.82) is 0 Å². The SMILES string of the molecule is CC(C)CNC(=O)c1ccccc1NC(=O)Cc1cccs1. The molecule has 0 aliphatic carbocycles. The Morgan fingerprint density at radius 3 is 2.59 bits per heavy atom. The largest absolute Gasteiger partial charge is 0.352 e. The summed E-state index contributed by atoms with van der Waals surface area (Å²) < 4.78 is 0. The Labute approximate surface area is 134 Å². The Morgan fingerprint density at radius 2 is 1.91 bits per heavy atom. The molecule has 0 unspecified atom stereocenters. The monoisotopic (exact) mass is 316 g/mol. The molecule has 4 nitrogen and oxygen atoms in total. The molecule has 0 saturated carbocycles. The van der Waals surface area contributed by atoms with E-state index in [0.717, 1.165) is 4.88 Å². The lowest BCUT2D eigenvalue weighted by molar-refractivity contribution is -0.115. The predicted molar refractivity (Wildman–Crippen MR) is 90.3 cm³/mol. The lowest BCUT2D eigenvalue weighted by Gasteiger charge is -2.12. The molecule has 5 heteroatoms. The lowest BCUT2D eigenvalue weighted by atomic mass is 10.1. The Balaban J connectivity index is 2.04. The van der Waals surface area contributed by atoms with Gasteiger partial charge in [0.1, 0.15) is 0 Å². The van der Waals surface area contributed by atoms with Crippen molar-refractivity contribution in [2.45, 2.75) is 20.3 Å². The number of carbonyl (C=O) groups is 2. The molecule has 1 heterocycles. The number of thiophene rings is 1. The minimum absolute atomic E-state index is 0.119. The molecule has 0 saturated heterocycles. The van der Waals surface area contributed by atoms with Gasteiger partial charge >= 0.3 is 0 Å². The van der Waals surface area contributed by atoms with Gasteiger partial charge in [0, 0.05) is 11.4 Å². The number of benzene rings is 1. The summed E-state index contributed by atoms with van der Waals surface area (Å²) in [7, 11) is 0. The molecule has 2 rings (SSSR count). The highest BCUT2D eigenvalue weighted by atomic mass is 32.1. The highest BCUT2D eigenvalue weighted by molar-refractivity contribution is 7.10. The zero-order chi connectivity index (χ0) is 15.9. The molecular formula is C17H20N2O2S. The maximum atomic E-state index is 12.2. The summed E-state index contributed by atoms with van der Waals surface area (Å²) in [6, 6.07) is 10.9. The van der Waals surface area contributed by atoms with Gasteiger partial charge in [-0.2, -0.15) is 0 Å². The van der Waals surface area contributed by atoms with Gasteiger partial charge in [0.25, 0.3) is 5.91 Å². The molecular weight excluding hydrogens is 296 g/mol. The second-order valence-electron chi connectivity index (χ2n) is 5.45. The van der Waals surface area contributed by atoms with Crippen LogP contribution in [0.2, 0.25) is 0 Å². The molecule has 2 amide bonds. The maximum Gasteiger partial charge on any atom is 0.253 e. The normalized spacial score (nSPS) is 10.5. The first kappa shape index (κ1) is 16.2. The van der Waals surface area contributed by atoms with Crippen LogP contribution in [0, 0.1) is 5.92 Å². The highest BCUT2D eigenvalue weighted by Gasteiger charge is 2.13. The summed E-state index contributed by atoms with van der Waals surface area (Å²) in [5.74, 6) is 0.0943. The zero-order valence-corrected chi connectivity index (χ0v) is 13.6. The summed E-state index contributed by atoms with van der Waals surface area (Å²) in [5, 5.41) is 7.63. The average molecular weight is 316 g/mol. The summed E-state index contributed by atoms with van der Waals surface area (Å²) in [4.78, 5) is 25.3. The Kier molecular flexibility index (Phi) is 5.72. The van der Waals surface area contributed by atoms with Crippen LogP contribution in [0.3, 0.4) is 0 Å². The summed E-state index contributed by atoms with van der Waals surface area (Å²) >= 11 is 1.54. The third kappa shape index (κ3) is 4.70. The van der Waals surface area contributed by atoms with Crippen LogP contribution < -0.4 is 10.6 Å². The fraction of sp³-hybridized carbons (Fsp3) is 0.294. The predicted octanol–water partition coefficient (Wildman–Crippen LogP) is 3.32. The molecule has 0 aliphatic heterocycles. The molecule has 116 valence electrons. The van der Waals surface area contributed by atoms with Crippen molar-refractivity contribution in [1.82, 2.24) is 5.32 Å². The standard InChI is InChI=1S/C17H20N2O2S/c1-12(2)11-18-17(21)14-7-3-4-8-15(14)19-16(20)10-13-6-5-9-22-13/h3-9,12H,10-11H2,1-2H3,(H,18,21)(H,19,20). The summed E-state index contributed by atoms with van der Waals surface area (Å²) in [5.41, 5.74) is 1.04. The van der Waals surface area contributed by atoms with Gasteiger partial charge in [0.2, 0.25) is 5.91 Å². The van der Waals surface area contributed by atoms with E-state index in [1.54, 1.807) is 35.6 Å². The molecule has 0 radical (unpaired) electrons. The first-order valence-corrected chi connectivity index (χ1v) is 8.13. The van der Waals surface area contributed by atoms with Crippen molar-refractivity contribution >= 4 is 28.8 Å². The number of nitrogens with one attached hydrogen (secondary N) is 2. The Bertz CT molecular complexity index is 636. The average Bonchev–Trinajstić information content (AvgIpc) is 2.98. The molecule has 0 aliphatic rings. The number of amides is 2. The van der Waals surface area contributed by atoms with Crippen LogP contribution >= 0.6 is 11.3 Å². The quantitative estimate of drug-likeness (QED) is 0.859. The van der Waals surface area contributed by atoms with Gasteiger partial charge in [-0.1, -0.05) is 32.0 Å². The van der Waals surface area contributed by atoms with Gasteiger partial charge in [-0.15, -0.1) is 11.3 Å². The van der Waals surface area contributed by atoms with E-state index in [9.17, 15) is 9.59 Å². The zero-order valence-electron chi connectivity index (χ0n) is 12.8. The molecule has 0 bridgehead atoms. The molecule has 1 aromatic heterocycles. The van der Waals surface area contributed by atoms with E-state index in [1.165, 1.54) is 0 Å². The van der Waals surface area contributed by atoms with Crippen molar-refractivity contribution in [3.63, 3.8) is 0 Å². The second kappa shape index (κ2) is 7.75. The van der Waals surface area contributed by atoms with E-state index >= 15 is 0 Å². The van der Waals surface area contributed by atoms with E-state index in [0.29, 0.717) is 30.1 Å². The molecule has 0 atom stereocenters. The van der Waals surface area contributed by atoms with Gasteiger partial charge in [-0.3, -0.25) is 9.59 Å². The molecule has 22 heavy (non-hydrogen) atoms. The molecule has 0 spiro atoms. The number of hydrogen-bond acceptors (Lipinski definition) is 3. The van der Waals surface area contributed by atoms with Crippen LogP contribution in [0.5, 0.6) is 0 Å². The number of para-hydroxylation sites is 1. The van der Waals surface area contributed by atoms with Crippen molar-refractivity contribution in [2.75, 3.05) is 11.9 Å². The van der Waals surface area contributed by atoms with Crippen molar-refractivity contribution in [2.24, 2.45) is 5.92 Å². The molecule has 2 aromatic rings. The van der Waals surface area contributed by atoms with E-state index < -0.39 is 0 Å². The Morgan fingerprint density at radius 1 is 1.14 bits per heavy atom. The minimum Gasteiger partial charge on any atom is -0.352 e. The fourth-order valence-corrected chi connectivity index (χ4v) is 2.65. The van der Waals surface area contributed by atoms with Crippen molar-refractivity contribution in [3.05, 3.63) is 52.2 Å². The van der Waals surface area contributed by atoms with Gasteiger partial charge in [-0.05, 0) is 29.5 Å². The van der Waals surface area contributed by atoms with Gasteiger partial charge in [0.15, 0.2) is 0 Å². The van der Waals surface area contributed by atoms with Crippen LogP contribution in [-0.4, -0.2) is 18.4 Å². The van der Waals surface area contributed by atoms with Crippen LogP contribution in [0.25, 0.3) is 0 Å². The van der Waals surface area contributed by atoms with Crippen LogP contribution in [0.1, 0.15) is 29.1 Å². The summed E-state index contributed by atoms with van der Waals surface area (Å²) in [6.07, 6.45) is 0.319. The van der Waals surface area contributed by atoms with Gasteiger partial charge in [-0.25, -0.2) is 0 Å². The molecule has 1 aromatic carbocycles. The third-order valence-corrected chi connectivity index (χ3v) is 3.91. The van der Waals surface area contributed by atoms with Crippen LogP contribution in [0.4, 0.5) is 5.69 Å². The van der Waals surface area contributed by atoms with E-state index in [2.05, 4.69) is 10.6 Å². The van der Waals surface area contributed by atoms with Crippen molar-refractivity contribution < 1.29 is 9.59 Å². The number of hydrogen-bond donors (Lipinski definition) is 2. The molecule has 0 fully saturated rings. The van der Waals surface area contributed by atoms with Gasteiger partial charge < -0.3 is 10.6 Å². The smallest absolute Gasteiger partial charge is 0.253 e. The van der Waals surface area contributed by atoms with Crippen LogP contribution in [-0.2, 0) is 11.2 Å². The summed E-state index contributed by atoms with van der Waals surface area (Å²) in [6.45, 7) is 4.68. The number of rotatable bonds is 6. The van der Waals surface area contributed by atoms with Crippen LogP contribution in [0.15, 0.2) is 41.8 Å². The first-order chi connectivity index (χ1) is 10.6. The number of carbonyl (C=O) groups excluding carboxylic acids is 2. The minimum atomic E-state index is -0.166. The Hall–Kier alpha value is -2.14. The topological polar surface area (TPSA) is 58.2 Å². The lowest BCUT2D eigenvalue weighted by Crippen LogP contribution is -2.28. The third-order valence-electron chi connectivity index (χ3n) is 3.03. The second-order valence-corrected chi connectivity index (χ2v) is 6.49. The first-order valence-electron chi connectivity index (χ1n) is 7.25. The van der Waals surface area contributed by atoms with Gasteiger partial charge in [0.05, 0.1) is 17.7 Å². The number of anilines is 1. The van der Waals surface area contributed by atoms with E-state index in [-0.39, 0.29) is 11.8 Å². The maximum absolute atomic E-state index is 12.2. The molecule has 2 N–H and O–H groups in total.